The van der Waals surface area contributed by atoms with Crippen LogP contribution in [-0.2, 0) is 6.42 Å². The summed E-state index contributed by atoms with van der Waals surface area (Å²) in [5.74, 6) is 0. The Kier molecular flexibility index (Phi) is 2.08. The van der Waals surface area contributed by atoms with Crippen LogP contribution in [0.5, 0.6) is 0 Å². The number of rotatable bonds is 1. The summed E-state index contributed by atoms with van der Waals surface area (Å²) >= 11 is 1.75. The summed E-state index contributed by atoms with van der Waals surface area (Å²) in [5, 5.41) is 1.11. The lowest BCUT2D eigenvalue weighted by Gasteiger charge is -1.98. The molecule has 1 aromatic heterocycles. The van der Waals surface area contributed by atoms with Crippen LogP contribution in [0.2, 0.25) is 0 Å². The van der Waals surface area contributed by atoms with E-state index >= 15 is 0 Å². The van der Waals surface area contributed by atoms with Gasteiger partial charge in [0.25, 0.3) is 0 Å². The molecule has 0 amide bonds. The van der Waals surface area contributed by atoms with Crippen molar-refractivity contribution in [2.45, 2.75) is 18.9 Å². The van der Waals surface area contributed by atoms with Crippen LogP contribution in [0.4, 0.5) is 0 Å². The van der Waals surface area contributed by atoms with E-state index in [1.807, 2.05) is 18.2 Å². The number of fused-ring (bicyclic) bond motifs is 1. The predicted octanol–water partition coefficient (Wildman–Crippen LogP) is 2.76. The Balaban J connectivity index is 2.05. The second-order valence-electron chi connectivity index (χ2n) is 3.84. The zero-order chi connectivity index (χ0) is 10.3. The second-order valence-corrected chi connectivity index (χ2v) is 4.87. The van der Waals surface area contributed by atoms with Crippen molar-refractivity contribution >= 4 is 11.3 Å². The molecule has 15 heavy (non-hydrogen) atoms. The van der Waals surface area contributed by atoms with E-state index in [1.165, 1.54) is 16.1 Å². The van der Waals surface area contributed by atoms with E-state index in [4.69, 9.17) is 5.73 Å². The third kappa shape index (κ3) is 1.48. The van der Waals surface area contributed by atoms with Crippen LogP contribution in [0.1, 0.15) is 23.0 Å². The summed E-state index contributed by atoms with van der Waals surface area (Å²) in [6.07, 6.45) is 2.10. The zero-order valence-corrected chi connectivity index (χ0v) is 9.13. The molecule has 0 saturated carbocycles. The fourth-order valence-electron chi connectivity index (χ4n) is 1.96. The van der Waals surface area contributed by atoms with Crippen molar-refractivity contribution in [3.8, 4) is 10.6 Å². The summed E-state index contributed by atoms with van der Waals surface area (Å²) < 4.78 is 0. The van der Waals surface area contributed by atoms with Crippen LogP contribution >= 0.6 is 11.3 Å². The number of hydrogen-bond acceptors (Lipinski definition) is 3. The molecule has 0 aliphatic heterocycles. The Morgan fingerprint density at radius 3 is 2.80 bits per heavy atom. The maximum Gasteiger partial charge on any atom is 0.123 e. The van der Waals surface area contributed by atoms with E-state index in [2.05, 4.69) is 17.1 Å². The van der Waals surface area contributed by atoms with Crippen molar-refractivity contribution in [2.24, 2.45) is 5.73 Å². The Labute approximate surface area is 92.8 Å². The van der Waals surface area contributed by atoms with Crippen molar-refractivity contribution in [3.63, 3.8) is 0 Å². The number of hydrogen-bond donors (Lipinski definition) is 1. The minimum atomic E-state index is 0.218. The van der Waals surface area contributed by atoms with Gasteiger partial charge in [-0.25, -0.2) is 4.98 Å². The van der Waals surface area contributed by atoms with Gasteiger partial charge in [-0.05, 0) is 12.8 Å². The van der Waals surface area contributed by atoms with Crippen LogP contribution < -0.4 is 5.73 Å². The van der Waals surface area contributed by atoms with Crippen LogP contribution in [0.25, 0.3) is 10.6 Å². The lowest BCUT2D eigenvalue weighted by molar-refractivity contribution is 0.719. The van der Waals surface area contributed by atoms with Gasteiger partial charge in [-0.15, -0.1) is 11.3 Å². The molecular weight excluding hydrogens is 204 g/mol. The maximum absolute atomic E-state index is 6.01. The maximum atomic E-state index is 6.01. The number of nitrogens with two attached hydrogens (primary N) is 1. The molecule has 76 valence electrons. The third-order valence-electron chi connectivity index (χ3n) is 2.78. The molecule has 0 radical (unpaired) electrons. The lowest BCUT2D eigenvalue weighted by atomic mass is 10.2. The summed E-state index contributed by atoms with van der Waals surface area (Å²) in [5.41, 5.74) is 8.42. The lowest BCUT2D eigenvalue weighted by Crippen LogP contribution is -2.03. The molecule has 0 spiro atoms. The first-order chi connectivity index (χ1) is 7.34. The minimum Gasteiger partial charge on any atom is -0.323 e. The molecule has 2 N–H and O–H groups in total. The highest BCUT2D eigenvalue weighted by Gasteiger charge is 2.24. The van der Waals surface area contributed by atoms with E-state index in [0.717, 1.165) is 17.8 Å². The van der Waals surface area contributed by atoms with E-state index in [9.17, 15) is 0 Å². The summed E-state index contributed by atoms with van der Waals surface area (Å²) in [4.78, 5) is 5.94. The molecule has 1 unspecified atom stereocenters. The Morgan fingerprint density at radius 1 is 1.27 bits per heavy atom. The second kappa shape index (κ2) is 3.43. The average molecular weight is 216 g/mol. The van der Waals surface area contributed by atoms with E-state index in [-0.39, 0.29) is 6.04 Å². The molecular formula is C12H12N2S. The van der Waals surface area contributed by atoms with Gasteiger partial charge in [0.1, 0.15) is 5.01 Å². The van der Waals surface area contributed by atoms with Gasteiger partial charge in [0.05, 0.1) is 5.69 Å². The number of benzene rings is 1. The SMILES string of the molecule is NC1CCc2nc(-c3ccccc3)sc21. The standard InChI is InChI=1S/C12H12N2S/c13-9-6-7-10-11(9)15-12(14-10)8-4-2-1-3-5-8/h1-5,9H,6-7,13H2. The first-order valence-electron chi connectivity index (χ1n) is 5.15. The summed E-state index contributed by atoms with van der Waals surface area (Å²) in [6, 6.07) is 10.5. The molecule has 1 aliphatic rings. The van der Waals surface area contributed by atoms with Crippen molar-refractivity contribution in [1.29, 1.82) is 0 Å². The zero-order valence-electron chi connectivity index (χ0n) is 8.31. The van der Waals surface area contributed by atoms with Crippen molar-refractivity contribution in [2.75, 3.05) is 0 Å². The van der Waals surface area contributed by atoms with E-state index in [1.54, 1.807) is 11.3 Å². The highest BCUT2D eigenvalue weighted by molar-refractivity contribution is 7.15. The Morgan fingerprint density at radius 2 is 2.07 bits per heavy atom. The smallest absolute Gasteiger partial charge is 0.123 e. The highest BCUT2D eigenvalue weighted by Crippen LogP contribution is 2.37. The van der Waals surface area contributed by atoms with Gasteiger partial charge in [-0.1, -0.05) is 30.3 Å². The number of nitrogens with zero attached hydrogens (tertiary/aromatic N) is 1. The normalized spacial score (nSPS) is 19.1. The first-order valence-corrected chi connectivity index (χ1v) is 5.97. The number of aromatic nitrogens is 1. The van der Waals surface area contributed by atoms with E-state index < -0.39 is 0 Å². The van der Waals surface area contributed by atoms with Crippen LogP contribution in [0, 0.1) is 0 Å². The largest absolute Gasteiger partial charge is 0.323 e. The van der Waals surface area contributed by atoms with E-state index in [0.29, 0.717) is 0 Å². The van der Waals surface area contributed by atoms with Gasteiger partial charge in [0, 0.05) is 16.5 Å². The van der Waals surface area contributed by atoms with Gasteiger partial charge >= 0.3 is 0 Å². The Hall–Kier alpha value is -1.19. The summed E-state index contributed by atoms with van der Waals surface area (Å²) in [7, 11) is 0. The average Bonchev–Trinajstić information content (AvgIpc) is 2.83. The molecule has 1 atom stereocenters. The van der Waals surface area contributed by atoms with Crippen molar-refractivity contribution < 1.29 is 0 Å². The third-order valence-corrected chi connectivity index (χ3v) is 4.06. The number of aryl methyl sites for hydroxylation is 1. The Bertz CT molecular complexity index is 476. The fraction of sp³-hybridized carbons (Fsp3) is 0.250. The number of thiazole rings is 1. The molecule has 1 aliphatic carbocycles. The first kappa shape index (κ1) is 9.07. The highest BCUT2D eigenvalue weighted by atomic mass is 32.1. The molecule has 0 bridgehead atoms. The molecule has 3 rings (SSSR count). The minimum absolute atomic E-state index is 0.218. The fourth-order valence-corrected chi connectivity index (χ4v) is 3.11. The van der Waals surface area contributed by atoms with Gasteiger partial charge in [-0.2, -0.15) is 0 Å². The van der Waals surface area contributed by atoms with Gasteiger partial charge < -0.3 is 5.73 Å². The molecule has 1 heterocycles. The van der Waals surface area contributed by atoms with Crippen LogP contribution in [0.3, 0.4) is 0 Å². The molecule has 0 saturated heterocycles. The van der Waals surface area contributed by atoms with Gasteiger partial charge in [0.15, 0.2) is 0 Å². The molecule has 3 heteroatoms. The predicted molar refractivity (Wildman–Crippen MR) is 62.8 cm³/mol. The quantitative estimate of drug-likeness (QED) is 0.796. The molecule has 2 nitrogen and oxygen atoms in total. The monoisotopic (exact) mass is 216 g/mol. The molecule has 0 fully saturated rings. The molecule has 2 aromatic rings. The van der Waals surface area contributed by atoms with Crippen LogP contribution in [-0.4, -0.2) is 4.98 Å². The molecule has 1 aromatic carbocycles. The summed E-state index contributed by atoms with van der Waals surface area (Å²) in [6.45, 7) is 0. The topological polar surface area (TPSA) is 38.9 Å². The van der Waals surface area contributed by atoms with Crippen molar-refractivity contribution in [3.05, 3.63) is 40.9 Å². The van der Waals surface area contributed by atoms with Gasteiger partial charge in [-0.3, -0.25) is 0 Å². The van der Waals surface area contributed by atoms with Gasteiger partial charge in [0.2, 0.25) is 0 Å². The van der Waals surface area contributed by atoms with Crippen molar-refractivity contribution in [1.82, 2.24) is 4.98 Å². The van der Waals surface area contributed by atoms with Crippen LogP contribution in [0.15, 0.2) is 30.3 Å².